The van der Waals surface area contributed by atoms with Crippen LogP contribution in [-0.4, -0.2) is 30.2 Å². The Balaban J connectivity index is 1.91. The highest BCUT2D eigenvalue weighted by atomic mass is 32.2. The summed E-state index contributed by atoms with van der Waals surface area (Å²) in [6.45, 7) is 7.64. The summed E-state index contributed by atoms with van der Waals surface area (Å²) in [5, 5.41) is 4.37. The van der Waals surface area contributed by atoms with E-state index in [9.17, 15) is 0 Å². The number of rotatable bonds is 6. The molecule has 0 aromatic rings. The molecule has 1 aliphatic heterocycles. The summed E-state index contributed by atoms with van der Waals surface area (Å²) in [4.78, 5) is 0. The van der Waals surface area contributed by atoms with Gasteiger partial charge in [-0.05, 0) is 19.4 Å². The first-order valence-electron chi connectivity index (χ1n) is 4.90. The van der Waals surface area contributed by atoms with Crippen LogP contribution in [0.1, 0.15) is 19.8 Å². The van der Waals surface area contributed by atoms with E-state index in [2.05, 4.69) is 30.6 Å². The number of hydrogen-bond donors (Lipinski definition) is 1. The van der Waals surface area contributed by atoms with Gasteiger partial charge in [0, 0.05) is 17.0 Å². The Morgan fingerprint density at radius 2 is 2.54 bits per heavy atom. The second-order valence-corrected chi connectivity index (χ2v) is 4.89. The van der Waals surface area contributed by atoms with Crippen LogP contribution in [0.4, 0.5) is 0 Å². The Hall–Kier alpha value is -0.150. The van der Waals surface area contributed by atoms with Crippen LogP contribution < -0.4 is 5.32 Å². The minimum Gasteiger partial charge on any atom is -0.502 e. The Morgan fingerprint density at radius 3 is 3.15 bits per heavy atom. The van der Waals surface area contributed by atoms with Crippen molar-refractivity contribution < 1.29 is 4.74 Å². The highest BCUT2D eigenvalue weighted by Crippen LogP contribution is 2.25. The zero-order valence-electron chi connectivity index (χ0n) is 8.29. The molecule has 1 saturated heterocycles. The van der Waals surface area contributed by atoms with Gasteiger partial charge in [-0.2, -0.15) is 11.8 Å². The fraction of sp³-hybridized carbons (Fsp3) is 0.800. The first-order chi connectivity index (χ1) is 6.33. The molecule has 0 aromatic carbocycles. The molecular weight excluding hydrogens is 182 g/mol. The monoisotopic (exact) mass is 201 g/mol. The van der Waals surface area contributed by atoms with Gasteiger partial charge in [-0.15, -0.1) is 0 Å². The molecule has 76 valence electrons. The molecule has 0 radical (unpaired) electrons. The maximum Gasteiger partial charge on any atom is 0.0885 e. The molecule has 1 heterocycles. The molecule has 1 fully saturated rings. The zero-order chi connectivity index (χ0) is 9.52. The Bertz CT molecular complexity index is 152. The minimum absolute atomic E-state index is 0.726. The highest BCUT2D eigenvalue weighted by molar-refractivity contribution is 8.00. The van der Waals surface area contributed by atoms with E-state index in [0.29, 0.717) is 0 Å². The average Bonchev–Trinajstić information content (AvgIpc) is 2.51. The van der Waals surface area contributed by atoms with Crippen LogP contribution in [0, 0.1) is 0 Å². The first-order valence-corrected chi connectivity index (χ1v) is 5.95. The van der Waals surface area contributed by atoms with Crippen molar-refractivity contribution in [2.75, 3.05) is 18.9 Å². The van der Waals surface area contributed by atoms with Crippen molar-refractivity contribution in [3.05, 3.63) is 12.8 Å². The fourth-order valence-corrected chi connectivity index (χ4v) is 2.69. The van der Waals surface area contributed by atoms with E-state index >= 15 is 0 Å². The highest BCUT2D eigenvalue weighted by Gasteiger charge is 2.20. The Morgan fingerprint density at radius 1 is 1.69 bits per heavy atom. The predicted molar refractivity (Wildman–Crippen MR) is 59.1 cm³/mol. The normalized spacial score (nSPS) is 27.5. The van der Waals surface area contributed by atoms with Gasteiger partial charge in [-0.1, -0.05) is 13.5 Å². The lowest BCUT2D eigenvalue weighted by Crippen LogP contribution is -2.30. The predicted octanol–water partition coefficient (Wildman–Crippen LogP) is 2.02. The molecule has 0 spiro atoms. The summed E-state index contributed by atoms with van der Waals surface area (Å²) in [5.41, 5.74) is 0. The van der Waals surface area contributed by atoms with Crippen LogP contribution in [0.3, 0.4) is 0 Å². The zero-order valence-corrected chi connectivity index (χ0v) is 9.11. The minimum atomic E-state index is 0.726. The van der Waals surface area contributed by atoms with E-state index in [1.165, 1.54) is 18.4 Å². The van der Waals surface area contributed by atoms with Gasteiger partial charge in [-0.25, -0.2) is 0 Å². The summed E-state index contributed by atoms with van der Waals surface area (Å²) >= 11 is 2.06. The van der Waals surface area contributed by atoms with Crippen molar-refractivity contribution in [1.82, 2.24) is 5.32 Å². The summed E-state index contributed by atoms with van der Waals surface area (Å²) < 4.78 is 5.04. The lowest BCUT2D eigenvalue weighted by molar-refractivity contribution is 0.243. The molecule has 2 atom stereocenters. The van der Waals surface area contributed by atoms with Crippen LogP contribution in [-0.2, 0) is 4.74 Å². The van der Waals surface area contributed by atoms with E-state index in [4.69, 9.17) is 4.74 Å². The third-order valence-corrected chi connectivity index (χ3v) is 3.54. The average molecular weight is 201 g/mol. The molecule has 1 aliphatic rings. The molecule has 13 heavy (non-hydrogen) atoms. The maximum absolute atomic E-state index is 5.04. The van der Waals surface area contributed by atoms with Gasteiger partial charge in [0.15, 0.2) is 0 Å². The molecule has 2 unspecified atom stereocenters. The largest absolute Gasteiger partial charge is 0.502 e. The van der Waals surface area contributed by atoms with Crippen LogP contribution in [0.5, 0.6) is 0 Å². The van der Waals surface area contributed by atoms with Gasteiger partial charge in [0.1, 0.15) is 0 Å². The molecular formula is C10H19NOS. The molecule has 0 saturated carbocycles. The number of nitrogens with one attached hydrogen (secondary N) is 1. The van der Waals surface area contributed by atoms with Gasteiger partial charge in [-0.3, -0.25) is 0 Å². The third-order valence-electron chi connectivity index (χ3n) is 2.19. The maximum atomic E-state index is 5.04. The van der Waals surface area contributed by atoms with Crippen molar-refractivity contribution in [2.45, 2.75) is 31.1 Å². The Kier molecular flexibility index (Phi) is 5.32. The van der Waals surface area contributed by atoms with Crippen molar-refractivity contribution in [2.24, 2.45) is 0 Å². The van der Waals surface area contributed by atoms with Gasteiger partial charge in [0.05, 0.1) is 12.9 Å². The van der Waals surface area contributed by atoms with Gasteiger partial charge in [0.2, 0.25) is 0 Å². The lowest BCUT2D eigenvalue weighted by Gasteiger charge is -2.10. The summed E-state index contributed by atoms with van der Waals surface area (Å²) in [6, 6.07) is 0.726. The van der Waals surface area contributed by atoms with Gasteiger partial charge >= 0.3 is 0 Å². The second-order valence-electron chi connectivity index (χ2n) is 3.42. The smallest absolute Gasteiger partial charge is 0.0885 e. The number of ether oxygens (including phenoxy) is 1. The molecule has 2 nitrogen and oxygen atoms in total. The van der Waals surface area contributed by atoms with Gasteiger partial charge in [0.25, 0.3) is 0 Å². The van der Waals surface area contributed by atoms with E-state index < -0.39 is 0 Å². The summed E-state index contributed by atoms with van der Waals surface area (Å²) in [7, 11) is 0. The van der Waals surface area contributed by atoms with Crippen LogP contribution in [0.25, 0.3) is 0 Å². The van der Waals surface area contributed by atoms with E-state index in [1.807, 2.05) is 0 Å². The van der Waals surface area contributed by atoms with E-state index in [-0.39, 0.29) is 0 Å². The lowest BCUT2D eigenvalue weighted by atomic mass is 10.2. The number of hydrogen-bond acceptors (Lipinski definition) is 3. The van der Waals surface area contributed by atoms with Crippen molar-refractivity contribution in [1.29, 1.82) is 0 Å². The third kappa shape index (κ3) is 4.58. The molecule has 0 bridgehead atoms. The topological polar surface area (TPSA) is 21.3 Å². The first kappa shape index (κ1) is 10.9. The standard InChI is InChI=1S/C10H19NOS/c1-3-12-6-4-5-11-10-7-9(2)13-8-10/h3,9-11H,1,4-8H2,2H3. The molecule has 1 N–H and O–H groups in total. The number of thioether (sulfide) groups is 1. The van der Waals surface area contributed by atoms with Crippen LogP contribution >= 0.6 is 11.8 Å². The fourth-order valence-electron chi connectivity index (χ4n) is 1.50. The molecule has 3 heteroatoms. The summed E-state index contributed by atoms with van der Waals surface area (Å²) in [5.74, 6) is 1.27. The SMILES string of the molecule is C=COCCCNC1CSC(C)C1. The molecule has 1 rings (SSSR count). The molecule has 0 aromatic heterocycles. The van der Waals surface area contributed by atoms with Crippen LogP contribution in [0.2, 0.25) is 0 Å². The van der Waals surface area contributed by atoms with Gasteiger partial charge < -0.3 is 10.1 Å². The van der Waals surface area contributed by atoms with Crippen molar-refractivity contribution in [3.63, 3.8) is 0 Å². The van der Waals surface area contributed by atoms with Crippen LogP contribution in [0.15, 0.2) is 12.8 Å². The quantitative estimate of drug-likeness (QED) is 0.525. The van der Waals surface area contributed by atoms with E-state index in [0.717, 1.165) is 30.9 Å². The Labute approximate surface area is 85.1 Å². The van der Waals surface area contributed by atoms with Crippen molar-refractivity contribution >= 4 is 11.8 Å². The van der Waals surface area contributed by atoms with Crippen molar-refractivity contribution in [3.8, 4) is 0 Å². The molecule has 0 amide bonds. The summed E-state index contributed by atoms with van der Waals surface area (Å²) in [6.07, 6.45) is 3.89. The second kappa shape index (κ2) is 6.33. The molecule has 0 aliphatic carbocycles. The van der Waals surface area contributed by atoms with E-state index in [1.54, 1.807) is 0 Å².